The Hall–Kier alpha value is -2.26. The molecule has 0 radical (unpaired) electrons. The number of benzene rings is 2. The second kappa shape index (κ2) is 5.63. The number of aromatic nitrogens is 2. The molecule has 0 saturated heterocycles. The van der Waals surface area contributed by atoms with E-state index >= 15 is 0 Å². The molecule has 0 unspecified atom stereocenters. The van der Waals surface area contributed by atoms with Crippen molar-refractivity contribution in [2.24, 2.45) is 0 Å². The zero-order valence-electron chi connectivity index (χ0n) is 15.0. The SMILES string of the molecule is Cc1c([C@@H]2Nc3cc(Cl)ccc3-c3ccnn32)cccc1C(C)(C)C. The van der Waals surface area contributed by atoms with Crippen LogP contribution in [0.5, 0.6) is 0 Å². The van der Waals surface area contributed by atoms with E-state index in [1.165, 1.54) is 16.7 Å². The van der Waals surface area contributed by atoms with Gasteiger partial charge in [0.05, 0.1) is 5.69 Å². The molecule has 1 N–H and O–H groups in total. The number of nitrogens with one attached hydrogen (secondary N) is 1. The van der Waals surface area contributed by atoms with Crippen molar-refractivity contribution in [3.05, 3.63) is 70.4 Å². The molecular formula is C21H22ClN3. The Balaban J connectivity index is 1.89. The molecule has 3 nitrogen and oxygen atoms in total. The van der Waals surface area contributed by atoms with Crippen LogP contribution in [0.4, 0.5) is 5.69 Å². The second-order valence-corrected chi connectivity index (χ2v) is 8.10. The standard InChI is InChI=1S/C21H22ClN3/c1-13-15(6-5-7-17(13)21(2,3)4)20-24-18-12-14(22)8-9-16(18)19-10-11-23-25(19)20/h5-12,20,24H,1-4H3/t20-/m1/s1. The van der Waals surface area contributed by atoms with Crippen LogP contribution in [0.15, 0.2) is 48.7 Å². The first-order chi connectivity index (χ1) is 11.9. The molecule has 0 spiro atoms. The van der Waals surface area contributed by atoms with E-state index in [-0.39, 0.29) is 11.6 Å². The Labute approximate surface area is 153 Å². The van der Waals surface area contributed by atoms with Crippen LogP contribution in [-0.2, 0) is 5.41 Å². The lowest BCUT2D eigenvalue weighted by atomic mass is 9.82. The van der Waals surface area contributed by atoms with Crippen molar-refractivity contribution < 1.29 is 0 Å². The average Bonchev–Trinajstić information content (AvgIpc) is 3.02. The Morgan fingerprint density at radius 1 is 1.12 bits per heavy atom. The molecule has 4 rings (SSSR count). The molecule has 3 aromatic rings. The molecule has 1 aromatic heterocycles. The van der Waals surface area contributed by atoms with Crippen LogP contribution in [0.2, 0.25) is 5.02 Å². The van der Waals surface area contributed by atoms with Gasteiger partial charge in [0.25, 0.3) is 0 Å². The van der Waals surface area contributed by atoms with Crippen molar-refractivity contribution in [2.75, 3.05) is 5.32 Å². The van der Waals surface area contributed by atoms with E-state index < -0.39 is 0 Å². The van der Waals surface area contributed by atoms with Crippen LogP contribution in [0, 0.1) is 6.92 Å². The summed E-state index contributed by atoms with van der Waals surface area (Å²) in [4.78, 5) is 0. The highest BCUT2D eigenvalue weighted by Gasteiger charge is 2.28. The third kappa shape index (κ3) is 2.63. The van der Waals surface area contributed by atoms with Gasteiger partial charge in [-0.05, 0) is 53.3 Å². The minimum Gasteiger partial charge on any atom is -0.359 e. The highest BCUT2D eigenvalue weighted by Crippen LogP contribution is 2.40. The summed E-state index contributed by atoms with van der Waals surface area (Å²) in [6.45, 7) is 8.96. The highest BCUT2D eigenvalue weighted by atomic mass is 35.5. The molecule has 2 heterocycles. The first-order valence-electron chi connectivity index (χ1n) is 8.56. The second-order valence-electron chi connectivity index (χ2n) is 7.67. The van der Waals surface area contributed by atoms with Crippen LogP contribution in [0.1, 0.15) is 43.6 Å². The van der Waals surface area contributed by atoms with E-state index in [4.69, 9.17) is 11.6 Å². The summed E-state index contributed by atoms with van der Waals surface area (Å²) in [7, 11) is 0. The lowest BCUT2D eigenvalue weighted by Gasteiger charge is -2.32. The summed E-state index contributed by atoms with van der Waals surface area (Å²) >= 11 is 6.23. The lowest BCUT2D eigenvalue weighted by Crippen LogP contribution is -2.27. The Bertz CT molecular complexity index is 950. The normalized spacial score (nSPS) is 16.1. The van der Waals surface area contributed by atoms with E-state index in [0.717, 1.165) is 22.0 Å². The van der Waals surface area contributed by atoms with Crippen LogP contribution in [-0.4, -0.2) is 9.78 Å². The van der Waals surface area contributed by atoms with Gasteiger partial charge in [0, 0.05) is 22.5 Å². The molecule has 2 aromatic carbocycles. The molecule has 1 atom stereocenters. The number of nitrogens with zero attached hydrogens (tertiary/aromatic N) is 2. The predicted molar refractivity (Wildman–Crippen MR) is 104 cm³/mol. The van der Waals surface area contributed by atoms with Crippen molar-refractivity contribution >= 4 is 17.3 Å². The van der Waals surface area contributed by atoms with Crippen molar-refractivity contribution in [1.29, 1.82) is 0 Å². The molecule has 128 valence electrons. The minimum atomic E-state index is -0.0433. The summed E-state index contributed by atoms with van der Waals surface area (Å²) < 4.78 is 2.06. The molecular weight excluding hydrogens is 330 g/mol. The van der Waals surface area contributed by atoms with Crippen molar-refractivity contribution in [3.63, 3.8) is 0 Å². The fraction of sp³-hybridized carbons (Fsp3) is 0.286. The quantitative estimate of drug-likeness (QED) is 0.602. The highest BCUT2D eigenvalue weighted by molar-refractivity contribution is 6.31. The van der Waals surface area contributed by atoms with Gasteiger partial charge in [-0.2, -0.15) is 5.10 Å². The lowest BCUT2D eigenvalue weighted by molar-refractivity contribution is 0.558. The maximum atomic E-state index is 6.23. The molecule has 25 heavy (non-hydrogen) atoms. The smallest absolute Gasteiger partial charge is 0.147 e. The van der Waals surface area contributed by atoms with Crippen LogP contribution in [0.25, 0.3) is 11.3 Å². The number of halogens is 1. The molecule has 1 aliphatic heterocycles. The molecule has 0 amide bonds. The third-order valence-electron chi connectivity index (χ3n) is 4.94. The first-order valence-corrected chi connectivity index (χ1v) is 8.94. The molecule has 1 aliphatic rings. The summed E-state index contributed by atoms with van der Waals surface area (Å²) in [5, 5.41) is 8.96. The van der Waals surface area contributed by atoms with Crippen molar-refractivity contribution in [1.82, 2.24) is 9.78 Å². The van der Waals surface area contributed by atoms with Gasteiger partial charge >= 0.3 is 0 Å². The molecule has 0 fully saturated rings. The number of fused-ring (bicyclic) bond motifs is 3. The summed E-state index contributed by atoms with van der Waals surface area (Å²) in [5.74, 6) is 0. The average molecular weight is 352 g/mol. The Morgan fingerprint density at radius 2 is 1.92 bits per heavy atom. The summed E-state index contributed by atoms with van der Waals surface area (Å²) in [6.07, 6.45) is 1.81. The van der Waals surface area contributed by atoms with E-state index in [9.17, 15) is 0 Å². The van der Waals surface area contributed by atoms with Gasteiger partial charge in [-0.25, -0.2) is 4.68 Å². The molecule has 0 aliphatic carbocycles. The zero-order valence-corrected chi connectivity index (χ0v) is 15.7. The Kier molecular flexibility index (Phi) is 3.66. The number of hydrogen-bond acceptors (Lipinski definition) is 2. The number of rotatable bonds is 1. The van der Waals surface area contributed by atoms with Gasteiger partial charge in [-0.15, -0.1) is 0 Å². The minimum absolute atomic E-state index is 0.0433. The topological polar surface area (TPSA) is 29.9 Å². The van der Waals surface area contributed by atoms with Crippen molar-refractivity contribution in [2.45, 2.75) is 39.3 Å². The monoisotopic (exact) mass is 351 g/mol. The van der Waals surface area contributed by atoms with E-state index in [0.29, 0.717) is 0 Å². The van der Waals surface area contributed by atoms with E-state index in [1.54, 1.807) is 0 Å². The number of anilines is 1. The fourth-order valence-electron chi connectivity index (χ4n) is 3.77. The van der Waals surface area contributed by atoms with Crippen molar-refractivity contribution in [3.8, 4) is 11.3 Å². The molecule has 0 bridgehead atoms. The predicted octanol–water partition coefficient (Wildman–Crippen LogP) is 5.78. The summed E-state index contributed by atoms with van der Waals surface area (Å²) in [6, 6.07) is 14.6. The largest absolute Gasteiger partial charge is 0.359 e. The van der Waals surface area contributed by atoms with Gasteiger partial charge in [-0.1, -0.05) is 50.6 Å². The van der Waals surface area contributed by atoms with Gasteiger partial charge < -0.3 is 5.32 Å². The fourth-order valence-corrected chi connectivity index (χ4v) is 3.94. The van der Waals surface area contributed by atoms with E-state index in [2.05, 4.69) is 67.1 Å². The number of hydrogen-bond donors (Lipinski definition) is 1. The van der Waals surface area contributed by atoms with Gasteiger partial charge in [-0.3, -0.25) is 0 Å². The maximum absolute atomic E-state index is 6.23. The van der Waals surface area contributed by atoms with Gasteiger partial charge in [0.1, 0.15) is 6.17 Å². The summed E-state index contributed by atoms with van der Waals surface area (Å²) in [5.41, 5.74) is 7.28. The van der Waals surface area contributed by atoms with E-state index in [1.807, 2.05) is 24.4 Å². The third-order valence-corrected chi connectivity index (χ3v) is 5.18. The first kappa shape index (κ1) is 16.2. The molecule has 0 saturated carbocycles. The van der Waals surface area contributed by atoms with Crippen LogP contribution in [0.3, 0.4) is 0 Å². The zero-order chi connectivity index (χ0) is 17.8. The Morgan fingerprint density at radius 3 is 2.68 bits per heavy atom. The van der Waals surface area contributed by atoms with Gasteiger partial charge in [0.15, 0.2) is 0 Å². The molecule has 4 heteroatoms. The van der Waals surface area contributed by atoms with Crippen LogP contribution >= 0.6 is 11.6 Å². The van der Waals surface area contributed by atoms with Crippen LogP contribution < -0.4 is 5.32 Å². The van der Waals surface area contributed by atoms with Gasteiger partial charge in [0.2, 0.25) is 0 Å². The maximum Gasteiger partial charge on any atom is 0.147 e.